The summed E-state index contributed by atoms with van der Waals surface area (Å²) in [7, 11) is 0. The van der Waals surface area contributed by atoms with Crippen LogP contribution in [0.2, 0.25) is 0 Å². The van der Waals surface area contributed by atoms with E-state index < -0.39 is 0 Å². The number of ether oxygens (including phenoxy) is 2. The van der Waals surface area contributed by atoms with Crippen molar-refractivity contribution in [2.45, 2.75) is 71.2 Å². The van der Waals surface area contributed by atoms with Crippen LogP contribution in [-0.2, 0) is 9.47 Å². The van der Waals surface area contributed by atoms with Crippen molar-refractivity contribution in [1.82, 2.24) is 0 Å². The summed E-state index contributed by atoms with van der Waals surface area (Å²) in [6.07, 6.45) is 4.80. The van der Waals surface area contributed by atoms with Gasteiger partial charge in [-0.15, -0.1) is 0 Å². The van der Waals surface area contributed by atoms with Crippen LogP contribution in [0, 0.1) is 5.92 Å². The normalized spacial score (nSPS) is 23.1. The number of hydrogen-bond donors (Lipinski definition) is 1. The van der Waals surface area contributed by atoms with E-state index >= 15 is 0 Å². The van der Waals surface area contributed by atoms with Crippen LogP contribution >= 0.6 is 0 Å². The molecular formula is C14H28O3. The third kappa shape index (κ3) is 5.36. The van der Waals surface area contributed by atoms with Gasteiger partial charge in [0, 0.05) is 0 Å². The number of aliphatic hydroxyl groups excluding tert-OH is 1. The molecule has 1 aliphatic carbocycles. The molecule has 3 nitrogen and oxygen atoms in total. The molecule has 17 heavy (non-hydrogen) atoms. The van der Waals surface area contributed by atoms with Crippen LogP contribution in [-0.4, -0.2) is 36.1 Å². The topological polar surface area (TPSA) is 38.7 Å². The molecule has 0 bridgehead atoms. The van der Waals surface area contributed by atoms with Gasteiger partial charge in [0.1, 0.15) is 0 Å². The smallest absolute Gasteiger partial charge is 0.0788 e. The summed E-state index contributed by atoms with van der Waals surface area (Å²) >= 11 is 0. The molecule has 1 saturated carbocycles. The Morgan fingerprint density at radius 2 is 1.82 bits per heavy atom. The number of aliphatic hydroxyl groups is 1. The molecule has 3 heteroatoms. The summed E-state index contributed by atoms with van der Waals surface area (Å²) in [6.45, 7) is 9.10. The highest BCUT2D eigenvalue weighted by Crippen LogP contribution is 2.46. The second-order valence-electron chi connectivity index (χ2n) is 5.66. The molecule has 0 aliphatic heterocycles. The molecule has 0 radical (unpaired) electrons. The summed E-state index contributed by atoms with van der Waals surface area (Å²) in [5.41, 5.74) is 0.140. The minimum atomic E-state index is -0.0919. The van der Waals surface area contributed by atoms with Crippen molar-refractivity contribution < 1.29 is 14.6 Å². The molecule has 0 saturated heterocycles. The van der Waals surface area contributed by atoms with Crippen molar-refractivity contribution in [3.05, 3.63) is 0 Å². The van der Waals surface area contributed by atoms with E-state index in [9.17, 15) is 0 Å². The van der Waals surface area contributed by atoms with Crippen LogP contribution in [0.3, 0.4) is 0 Å². The van der Waals surface area contributed by atoms with Crippen LogP contribution in [0.1, 0.15) is 53.4 Å². The Kier molecular flexibility index (Phi) is 5.90. The molecular weight excluding hydrogens is 216 g/mol. The largest absolute Gasteiger partial charge is 0.394 e. The Labute approximate surface area is 105 Å². The summed E-state index contributed by atoms with van der Waals surface area (Å²) < 4.78 is 11.6. The Morgan fingerprint density at radius 1 is 1.18 bits per heavy atom. The molecule has 0 aromatic rings. The highest BCUT2D eigenvalue weighted by atomic mass is 16.6. The molecule has 0 aromatic carbocycles. The van der Waals surface area contributed by atoms with Gasteiger partial charge >= 0.3 is 0 Å². The van der Waals surface area contributed by atoms with E-state index in [-0.39, 0.29) is 24.4 Å². The maximum absolute atomic E-state index is 8.88. The Balaban J connectivity index is 2.23. The first-order valence-electron chi connectivity index (χ1n) is 6.91. The Morgan fingerprint density at radius 3 is 2.29 bits per heavy atom. The van der Waals surface area contributed by atoms with Crippen molar-refractivity contribution in [2.75, 3.05) is 13.2 Å². The van der Waals surface area contributed by atoms with Gasteiger partial charge in [-0.1, -0.05) is 20.3 Å². The van der Waals surface area contributed by atoms with E-state index in [1.165, 1.54) is 25.7 Å². The van der Waals surface area contributed by atoms with Gasteiger partial charge in [0.15, 0.2) is 0 Å². The van der Waals surface area contributed by atoms with Gasteiger partial charge in [-0.25, -0.2) is 0 Å². The van der Waals surface area contributed by atoms with Gasteiger partial charge in [-0.05, 0) is 39.0 Å². The summed E-state index contributed by atoms with van der Waals surface area (Å²) in [5.74, 6) is 0.738. The molecule has 3 unspecified atom stereocenters. The first-order valence-corrected chi connectivity index (χ1v) is 6.91. The highest BCUT2D eigenvalue weighted by Gasteiger charge is 2.45. The van der Waals surface area contributed by atoms with Crippen molar-refractivity contribution >= 4 is 0 Å². The van der Waals surface area contributed by atoms with Gasteiger partial charge < -0.3 is 14.6 Å². The second kappa shape index (κ2) is 6.72. The average molecular weight is 244 g/mol. The molecule has 0 aromatic heterocycles. The number of hydrogen-bond acceptors (Lipinski definition) is 3. The van der Waals surface area contributed by atoms with E-state index in [2.05, 4.69) is 20.8 Å². The average Bonchev–Trinajstić information content (AvgIpc) is 3.05. The monoisotopic (exact) mass is 244 g/mol. The van der Waals surface area contributed by atoms with Crippen LogP contribution in [0.15, 0.2) is 0 Å². The Bertz CT molecular complexity index is 214. The standard InChI is InChI=1S/C14H28O3/c1-5-11(2)8-14(6-7-14)17-13(4)10-16-12(3)9-15/h11-13,15H,5-10H2,1-4H3. The second-order valence-corrected chi connectivity index (χ2v) is 5.66. The molecule has 3 atom stereocenters. The SMILES string of the molecule is CCC(C)CC1(OC(C)COC(C)CO)CC1. The van der Waals surface area contributed by atoms with Crippen LogP contribution in [0.5, 0.6) is 0 Å². The lowest BCUT2D eigenvalue weighted by Gasteiger charge is -2.25. The molecule has 0 spiro atoms. The van der Waals surface area contributed by atoms with Crippen molar-refractivity contribution in [3.63, 3.8) is 0 Å². The molecule has 1 rings (SSSR count). The summed E-state index contributed by atoms with van der Waals surface area (Å²) in [5, 5.41) is 8.88. The lowest BCUT2D eigenvalue weighted by molar-refractivity contribution is -0.0880. The zero-order chi connectivity index (χ0) is 12.9. The maximum atomic E-state index is 8.88. The predicted octanol–water partition coefficient (Wildman–Crippen LogP) is 2.76. The molecule has 1 aliphatic rings. The van der Waals surface area contributed by atoms with Crippen molar-refractivity contribution in [2.24, 2.45) is 5.92 Å². The molecule has 102 valence electrons. The van der Waals surface area contributed by atoms with Gasteiger partial charge in [-0.2, -0.15) is 0 Å². The van der Waals surface area contributed by atoms with Gasteiger partial charge in [0.2, 0.25) is 0 Å². The lowest BCUT2D eigenvalue weighted by Crippen LogP contribution is -2.29. The van der Waals surface area contributed by atoms with E-state index in [1.54, 1.807) is 0 Å². The molecule has 1 fully saturated rings. The third-order valence-electron chi connectivity index (χ3n) is 3.55. The maximum Gasteiger partial charge on any atom is 0.0788 e. The van der Waals surface area contributed by atoms with Crippen LogP contribution < -0.4 is 0 Å². The summed E-state index contributed by atoms with van der Waals surface area (Å²) in [4.78, 5) is 0. The van der Waals surface area contributed by atoms with Gasteiger partial charge in [-0.3, -0.25) is 0 Å². The minimum Gasteiger partial charge on any atom is -0.394 e. The van der Waals surface area contributed by atoms with E-state index in [4.69, 9.17) is 14.6 Å². The number of rotatable bonds is 9. The molecule has 0 heterocycles. The van der Waals surface area contributed by atoms with E-state index in [1.807, 2.05) is 6.92 Å². The van der Waals surface area contributed by atoms with Crippen molar-refractivity contribution in [1.29, 1.82) is 0 Å². The highest BCUT2D eigenvalue weighted by molar-refractivity contribution is 4.97. The fourth-order valence-corrected chi connectivity index (χ4v) is 2.10. The first kappa shape index (κ1) is 14.9. The van der Waals surface area contributed by atoms with Gasteiger partial charge in [0.25, 0.3) is 0 Å². The fourth-order valence-electron chi connectivity index (χ4n) is 2.10. The molecule has 0 amide bonds. The Hall–Kier alpha value is -0.120. The molecule has 1 N–H and O–H groups in total. The zero-order valence-corrected chi connectivity index (χ0v) is 11.7. The fraction of sp³-hybridized carbons (Fsp3) is 1.00. The van der Waals surface area contributed by atoms with Crippen LogP contribution in [0.4, 0.5) is 0 Å². The summed E-state index contributed by atoms with van der Waals surface area (Å²) in [6, 6.07) is 0. The first-order chi connectivity index (χ1) is 8.01. The third-order valence-corrected chi connectivity index (χ3v) is 3.55. The predicted molar refractivity (Wildman–Crippen MR) is 69.1 cm³/mol. The van der Waals surface area contributed by atoms with E-state index in [0.29, 0.717) is 6.61 Å². The van der Waals surface area contributed by atoms with Crippen LogP contribution in [0.25, 0.3) is 0 Å². The van der Waals surface area contributed by atoms with Gasteiger partial charge in [0.05, 0.1) is 31.0 Å². The lowest BCUT2D eigenvalue weighted by atomic mass is 9.99. The van der Waals surface area contributed by atoms with Crippen molar-refractivity contribution in [3.8, 4) is 0 Å². The quantitative estimate of drug-likeness (QED) is 0.678. The zero-order valence-electron chi connectivity index (χ0n) is 11.7. The van der Waals surface area contributed by atoms with E-state index in [0.717, 1.165) is 5.92 Å². The minimum absolute atomic E-state index is 0.0741.